The molecule has 1 saturated heterocycles. The quantitative estimate of drug-likeness (QED) is 0.770. The highest BCUT2D eigenvalue weighted by atomic mass is 16.3. The maximum Gasteiger partial charge on any atom is 0.123 e. The van der Waals surface area contributed by atoms with Crippen molar-refractivity contribution >= 4 is 0 Å². The highest BCUT2D eigenvalue weighted by molar-refractivity contribution is 5.38. The van der Waals surface area contributed by atoms with Gasteiger partial charge in [0, 0.05) is 30.8 Å². The number of benzene rings is 1. The monoisotopic (exact) mass is 276 g/mol. The molecular weight excluding hydrogens is 252 g/mol. The molecule has 0 amide bonds. The summed E-state index contributed by atoms with van der Waals surface area (Å²) >= 11 is 0. The van der Waals surface area contributed by atoms with Crippen LogP contribution in [0.4, 0.5) is 0 Å². The Balaban J connectivity index is 1.64. The van der Waals surface area contributed by atoms with Gasteiger partial charge in [-0.2, -0.15) is 0 Å². The van der Waals surface area contributed by atoms with Gasteiger partial charge in [-0.3, -0.25) is 4.90 Å². The lowest BCUT2D eigenvalue weighted by molar-refractivity contribution is 0.188. The van der Waals surface area contributed by atoms with Crippen molar-refractivity contribution in [1.29, 1.82) is 0 Å². The number of phenols is 2. The molecule has 4 nitrogen and oxygen atoms in total. The van der Waals surface area contributed by atoms with E-state index >= 15 is 0 Å². The zero-order chi connectivity index (χ0) is 13.9. The summed E-state index contributed by atoms with van der Waals surface area (Å²) < 4.78 is 0. The summed E-state index contributed by atoms with van der Waals surface area (Å²) in [7, 11) is 0. The van der Waals surface area contributed by atoms with E-state index < -0.39 is 0 Å². The van der Waals surface area contributed by atoms with E-state index in [1.54, 1.807) is 6.07 Å². The molecule has 3 rings (SSSR count). The summed E-state index contributed by atoms with van der Waals surface area (Å²) in [6.45, 7) is 4.19. The first kappa shape index (κ1) is 13.7. The van der Waals surface area contributed by atoms with Crippen molar-refractivity contribution in [3.05, 3.63) is 23.8 Å². The van der Waals surface area contributed by atoms with Gasteiger partial charge in [0.15, 0.2) is 0 Å². The minimum atomic E-state index is 0.127. The van der Waals surface area contributed by atoms with Gasteiger partial charge in [-0.25, -0.2) is 0 Å². The first-order valence-corrected chi connectivity index (χ1v) is 7.68. The van der Waals surface area contributed by atoms with Crippen LogP contribution < -0.4 is 5.32 Å². The zero-order valence-electron chi connectivity index (χ0n) is 11.9. The highest BCUT2D eigenvalue weighted by Gasteiger charge is 2.31. The SMILES string of the molecule is Oc1ccc(CN(CC2CCNCC2)C2CC2)c(O)c1. The summed E-state index contributed by atoms with van der Waals surface area (Å²) in [6, 6.07) is 5.62. The molecule has 2 fully saturated rings. The van der Waals surface area contributed by atoms with Gasteiger partial charge in [0.25, 0.3) is 0 Å². The van der Waals surface area contributed by atoms with Gasteiger partial charge in [0.05, 0.1) is 0 Å². The Labute approximate surface area is 120 Å². The van der Waals surface area contributed by atoms with Gasteiger partial charge in [-0.05, 0) is 50.8 Å². The molecule has 0 atom stereocenters. The number of phenolic OH excluding ortho intramolecular Hbond substituents is 2. The summed E-state index contributed by atoms with van der Waals surface area (Å²) in [5.41, 5.74) is 0.920. The third-order valence-electron chi connectivity index (χ3n) is 4.46. The number of rotatable bonds is 5. The van der Waals surface area contributed by atoms with Gasteiger partial charge >= 0.3 is 0 Å². The van der Waals surface area contributed by atoms with E-state index in [1.807, 2.05) is 6.07 Å². The average molecular weight is 276 g/mol. The minimum absolute atomic E-state index is 0.127. The van der Waals surface area contributed by atoms with E-state index in [4.69, 9.17) is 0 Å². The molecule has 0 aromatic heterocycles. The van der Waals surface area contributed by atoms with Crippen molar-refractivity contribution in [3.8, 4) is 11.5 Å². The number of hydrogen-bond acceptors (Lipinski definition) is 4. The Hall–Kier alpha value is -1.26. The lowest BCUT2D eigenvalue weighted by Gasteiger charge is -2.30. The van der Waals surface area contributed by atoms with E-state index in [0.29, 0.717) is 6.04 Å². The van der Waals surface area contributed by atoms with E-state index in [9.17, 15) is 10.2 Å². The van der Waals surface area contributed by atoms with Gasteiger partial charge in [-0.1, -0.05) is 6.07 Å². The van der Waals surface area contributed by atoms with Crippen LogP contribution in [0.25, 0.3) is 0 Å². The van der Waals surface area contributed by atoms with Gasteiger partial charge in [0.1, 0.15) is 11.5 Å². The molecule has 1 aromatic rings. The molecule has 110 valence electrons. The second-order valence-corrected chi connectivity index (χ2v) is 6.17. The number of aromatic hydroxyl groups is 2. The number of piperidine rings is 1. The Kier molecular flexibility index (Phi) is 4.13. The molecule has 3 N–H and O–H groups in total. The van der Waals surface area contributed by atoms with E-state index in [0.717, 1.165) is 37.7 Å². The number of nitrogens with zero attached hydrogens (tertiary/aromatic N) is 1. The fourth-order valence-electron chi connectivity index (χ4n) is 3.08. The fraction of sp³-hybridized carbons (Fsp3) is 0.625. The first-order chi connectivity index (χ1) is 9.72. The molecule has 0 spiro atoms. The molecule has 1 aliphatic heterocycles. The second-order valence-electron chi connectivity index (χ2n) is 6.17. The van der Waals surface area contributed by atoms with Gasteiger partial charge in [-0.15, -0.1) is 0 Å². The predicted octanol–water partition coefficient (Wildman–Crippen LogP) is 2.06. The molecule has 1 heterocycles. The van der Waals surface area contributed by atoms with Crippen LogP contribution in [-0.2, 0) is 6.54 Å². The molecule has 1 aliphatic carbocycles. The Morgan fingerprint density at radius 3 is 2.50 bits per heavy atom. The first-order valence-electron chi connectivity index (χ1n) is 7.68. The van der Waals surface area contributed by atoms with Crippen LogP contribution in [0.3, 0.4) is 0 Å². The molecule has 1 aromatic carbocycles. The molecule has 0 bridgehead atoms. The van der Waals surface area contributed by atoms with E-state index in [2.05, 4.69) is 10.2 Å². The lowest BCUT2D eigenvalue weighted by atomic mass is 9.97. The van der Waals surface area contributed by atoms with Gasteiger partial charge in [0.2, 0.25) is 0 Å². The fourth-order valence-corrected chi connectivity index (χ4v) is 3.08. The second kappa shape index (κ2) is 6.02. The third-order valence-corrected chi connectivity index (χ3v) is 4.46. The Bertz CT molecular complexity index is 454. The summed E-state index contributed by atoms with van der Waals surface area (Å²) in [6.07, 6.45) is 5.07. The van der Waals surface area contributed by atoms with Crippen LogP contribution in [0.2, 0.25) is 0 Å². The topological polar surface area (TPSA) is 55.7 Å². The number of hydrogen-bond donors (Lipinski definition) is 3. The zero-order valence-corrected chi connectivity index (χ0v) is 11.9. The number of nitrogens with one attached hydrogen (secondary N) is 1. The van der Waals surface area contributed by atoms with Crippen LogP contribution in [-0.4, -0.2) is 40.8 Å². The minimum Gasteiger partial charge on any atom is -0.508 e. The van der Waals surface area contributed by atoms with Crippen LogP contribution in [0.5, 0.6) is 11.5 Å². The summed E-state index contributed by atoms with van der Waals surface area (Å²) in [5, 5.41) is 22.7. The normalized spacial score (nSPS) is 20.4. The van der Waals surface area contributed by atoms with Crippen molar-refractivity contribution in [2.45, 2.75) is 38.3 Å². The van der Waals surface area contributed by atoms with Crippen LogP contribution >= 0.6 is 0 Å². The Morgan fingerprint density at radius 1 is 1.10 bits per heavy atom. The summed E-state index contributed by atoms with van der Waals surface area (Å²) in [5.74, 6) is 1.11. The smallest absolute Gasteiger partial charge is 0.123 e. The third kappa shape index (κ3) is 3.44. The molecule has 4 heteroatoms. The molecule has 20 heavy (non-hydrogen) atoms. The van der Waals surface area contributed by atoms with Crippen LogP contribution in [0, 0.1) is 5.92 Å². The van der Waals surface area contributed by atoms with E-state index in [1.165, 1.54) is 31.7 Å². The van der Waals surface area contributed by atoms with E-state index in [-0.39, 0.29) is 11.5 Å². The van der Waals surface area contributed by atoms with Crippen molar-refractivity contribution in [1.82, 2.24) is 10.2 Å². The van der Waals surface area contributed by atoms with Crippen molar-refractivity contribution in [3.63, 3.8) is 0 Å². The maximum absolute atomic E-state index is 9.95. The van der Waals surface area contributed by atoms with Crippen molar-refractivity contribution < 1.29 is 10.2 Å². The predicted molar refractivity (Wildman–Crippen MR) is 78.8 cm³/mol. The van der Waals surface area contributed by atoms with Crippen molar-refractivity contribution in [2.75, 3.05) is 19.6 Å². The molecule has 0 unspecified atom stereocenters. The van der Waals surface area contributed by atoms with Crippen LogP contribution in [0.15, 0.2) is 18.2 Å². The standard InChI is InChI=1S/C16H24N2O2/c19-15-4-1-13(16(20)9-15)11-18(14-2-3-14)10-12-5-7-17-8-6-12/h1,4,9,12,14,17,19-20H,2-3,5-8,10-11H2. The molecule has 1 saturated carbocycles. The Morgan fingerprint density at radius 2 is 1.85 bits per heavy atom. The molecular formula is C16H24N2O2. The average Bonchev–Trinajstić information content (AvgIpc) is 3.26. The lowest BCUT2D eigenvalue weighted by Crippen LogP contribution is -2.37. The van der Waals surface area contributed by atoms with Crippen LogP contribution in [0.1, 0.15) is 31.2 Å². The van der Waals surface area contributed by atoms with Crippen molar-refractivity contribution in [2.24, 2.45) is 5.92 Å². The van der Waals surface area contributed by atoms with Gasteiger partial charge < -0.3 is 15.5 Å². The molecule has 2 aliphatic rings. The maximum atomic E-state index is 9.95. The summed E-state index contributed by atoms with van der Waals surface area (Å²) in [4.78, 5) is 2.52. The molecule has 0 radical (unpaired) electrons. The largest absolute Gasteiger partial charge is 0.508 e. The highest BCUT2D eigenvalue weighted by Crippen LogP contribution is 2.32.